The van der Waals surface area contributed by atoms with Gasteiger partial charge in [-0.15, -0.1) is 0 Å². The van der Waals surface area contributed by atoms with Gasteiger partial charge in [0.1, 0.15) is 12.7 Å². The number of carbonyl (C=O) groups is 10. The van der Waals surface area contributed by atoms with Crippen molar-refractivity contribution in [3.05, 3.63) is 177 Å². The fourth-order valence-corrected chi connectivity index (χ4v) is 10.8. The fourth-order valence-electron chi connectivity index (χ4n) is 10.8. The third-order valence-electron chi connectivity index (χ3n) is 16.9. The van der Waals surface area contributed by atoms with Gasteiger partial charge in [-0.2, -0.15) is 0 Å². The summed E-state index contributed by atoms with van der Waals surface area (Å²) < 4.78 is 60.4. The molecule has 10 aromatic carbocycles. The van der Waals surface area contributed by atoms with Gasteiger partial charge in [0.15, 0.2) is 156 Å². The molecule has 1 aliphatic heterocycles. The highest BCUT2D eigenvalue weighted by atomic mass is 16.8. The summed E-state index contributed by atoms with van der Waals surface area (Å²) in [7, 11) is 0. The molecule has 46 heteroatoms. The van der Waals surface area contributed by atoms with Crippen molar-refractivity contribution in [2.75, 3.05) is 6.61 Å². The lowest BCUT2D eigenvalue weighted by Crippen LogP contribution is -2.63. The third kappa shape index (κ3) is 17.6. The molecule has 0 spiro atoms. The molecule has 0 bridgehead atoms. The second-order valence-electron chi connectivity index (χ2n) is 25.1. The number of ether oxygens (including phenoxy) is 11. The molecular formula is C76H52O46. The lowest BCUT2D eigenvalue weighted by Gasteiger charge is -2.43. The summed E-state index contributed by atoms with van der Waals surface area (Å²) in [5, 5.41) is 261. The van der Waals surface area contributed by atoms with Crippen LogP contribution in [0.2, 0.25) is 0 Å². The SMILES string of the molecule is O=C(OC[C@H]1O[C@@H](OC(=O)c2cc(O)c(O)c(OC(=O)c3cc(O)c(O)c(O)c3)c2)[C@H](OC(=O)c2cc(O)c(O)c(OC(=O)c3cc(O)c(O)c(O)c3)c2)[C@H](OC(=O)c2cc(O)c(O)c(OC(=O)c3cc(O)c(O)c(O)c3)c2)[C@@H]1OC(=O)c1cc(O)c(O)c(OC(=O)c2cc(O)c(O)c(O)c2)c1)c1cc(O)c(O)c(OC(=O)c2cc(O)c(O)c(O)c2)c1. The molecule has 11 rings (SSSR count). The molecule has 0 aromatic heterocycles. The van der Waals surface area contributed by atoms with Crippen molar-refractivity contribution in [3.8, 4) is 172 Å². The first-order valence-electron chi connectivity index (χ1n) is 33.2. The quantitative estimate of drug-likeness (QED) is 0.0198. The summed E-state index contributed by atoms with van der Waals surface area (Å²) in [5.74, 6) is -56.0. The molecule has 0 radical (unpaired) electrons. The number of phenolic OH excluding ortho intramolecular Hbond substituents is 25. The van der Waals surface area contributed by atoms with Crippen LogP contribution in [0.5, 0.6) is 172 Å². The van der Waals surface area contributed by atoms with Crippen molar-refractivity contribution in [2.45, 2.75) is 30.7 Å². The number of aromatic hydroxyl groups is 25. The van der Waals surface area contributed by atoms with E-state index in [4.69, 9.17) is 52.1 Å². The van der Waals surface area contributed by atoms with Gasteiger partial charge in [0.2, 0.25) is 41.1 Å². The van der Waals surface area contributed by atoms with E-state index in [1.165, 1.54) is 0 Å². The molecule has 1 saturated heterocycles. The smallest absolute Gasteiger partial charge is 0.343 e. The minimum atomic E-state index is -3.12. The van der Waals surface area contributed by atoms with Crippen LogP contribution in [0.15, 0.2) is 121 Å². The summed E-state index contributed by atoms with van der Waals surface area (Å²) in [6.07, 6.45) is -15.1. The first kappa shape index (κ1) is 84.8. The molecule has 0 amide bonds. The van der Waals surface area contributed by atoms with Crippen molar-refractivity contribution < 1.29 is 228 Å². The Bertz CT molecular complexity index is 5970. The Balaban J connectivity index is 1.09. The lowest BCUT2D eigenvalue weighted by molar-refractivity contribution is -0.282. The standard InChI is InChI=1S/C76H52O46/c77-32-1-22(2-33(78)53(32)92)67(103)113-47-16-27(11-42(87)58(47)97)66(102)112-21-52-63(119-72(108)28-12-43(88)59(98)48(17-28)114-68(104)23-3-34(79)54(93)35(80)4-23)64(120-73(109)29-13-44(89)60(99)49(18-29)115-69(105)24-5-36(81)55(94)37(82)6-24)65(121-74(110)30-14-45(90)61(100)50(19-30)116-70(106)25-7-38(83)56(95)39(84)8-25)76(118-52)122-75(111)31-15-46(91)62(101)51(20-31)117-71(107)26-9-40(85)57(96)41(86)10-26/h1-20,52,63-65,76-101H,21H2/t52-,63-,64-,65-,76+/m1/s1. The Kier molecular flexibility index (Phi) is 23.2. The Morgan fingerprint density at radius 1 is 0.205 bits per heavy atom. The van der Waals surface area contributed by atoms with E-state index in [1.807, 2.05) is 0 Å². The van der Waals surface area contributed by atoms with Crippen LogP contribution >= 0.6 is 0 Å². The summed E-state index contributed by atoms with van der Waals surface area (Å²) in [6, 6.07) is 8.56. The van der Waals surface area contributed by atoms with Crippen LogP contribution in [0.1, 0.15) is 104 Å². The highest BCUT2D eigenvalue weighted by Gasteiger charge is 2.55. The van der Waals surface area contributed by atoms with Gasteiger partial charge in [-0.1, -0.05) is 0 Å². The maximum Gasteiger partial charge on any atom is 0.343 e. The second-order valence-corrected chi connectivity index (χ2v) is 25.1. The zero-order valence-electron chi connectivity index (χ0n) is 59.9. The van der Waals surface area contributed by atoms with Crippen molar-refractivity contribution in [3.63, 3.8) is 0 Å². The van der Waals surface area contributed by atoms with Gasteiger partial charge in [-0.05, 0) is 121 Å². The minimum absolute atomic E-state index is 0.295. The number of esters is 10. The average Bonchev–Trinajstić information content (AvgIpc) is 0.764. The maximum absolute atomic E-state index is 15.3. The Morgan fingerprint density at radius 3 is 0.598 bits per heavy atom. The number of benzene rings is 10. The van der Waals surface area contributed by atoms with E-state index in [0.717, 1.165) is 0 Å². The molecule has 0 aliphatic carbocycles. The molecule has 5 atom stereocenters. The zero-order chi connectivity index (χ0) is 89.4. The minimum Gasteiger partial charge on any atom is -0.504 e. The number of rotatable bonds is 21. The van der Waals surface area contributed by atoms with E-state index in [-0.39, 0.29) is 0 Å². The van der Waals surface area contributed by atoms with Crippen LogP contribution in [0.25, 0.3) is 0 Å². The molecule has 46 nitrogen and oxygen atoms in total. The zero-order valence-corrected chi connectivity index (χ0v) is 59.9. The van der Waals surface area contributed by atoms with Gasteiger partial charge in [0.05, 0.1) is 55.6 Å². The Labute approximate surface area is 671 Å². The van der Waals surface area contributed by atoms with Gasteiger partial charge in [-0.3, -0.25) is 0 Å². The molecular weight excluding hydrogens is 1650 g/mol. The van der Waals surface area contributed by atoms with E-state index in [0.29, 0.717) is 121 Å². The molecule has 1 fully saturated rings. The fraction of sp³-hybridized carbons (Fsp3) is 0.0789. The molecule has 1 aliphatic rings. The number of carbonyl (C=O) groups excluding carboxylic acids is 10. The first-order valence-corrected chi connectivity index (χ1v) is 33.2. The molecule has 632 valence electrons. The summed E-state index contributed by atoms with van der Waals surface area (Å²) in [6.45, 7) is -1.71. The molecule has 0 saturated carbocycles. The monoisotopic (exact) mass is 1700 g/mol. The Hall–Kier alpha value is -18.1. The Morgan fingerprint density at radius 2 is 0.377 bits per heavy atom. The second kappa shape index (κ2) is 33.4. The average molecular weight is 1700 g/mol. The van der Waals surface area contributed by atoms with Crippen LogP contribution in [0.4, 0.5) is 0 Å². The van der Waals surface area contributed by atoms with Crippen molar-refractivity contribution in [1.82, 2.24) is 0 Å². The molecule has 1 heterocycles. The first-order chi connectivity index (χ1) is 57.4. The van der Waals surface area contributed by atoms with Crippen molar-refractivity contribution in [1.29, 1.82) is 0 Å². The van der Waals surface area contributed by atoms with Crippen LogP contribution in [-0.2, 0) is 28.4 Å². The third-order valence-corrected chi connectivity index (χ3v) is 16.9. The maximum atomic E-state index is 15.3. The molecule has 122 heavy (non-hydrogen) atoms. The van der Waals surface area contributed by atoms with Gasteiger partial charge < -0.3 is 180 Å². The highest BCUT2D eigenvalue weighted by molar-refractivity contribution is 6.00. The highest BCUT2D eigenvalue weighted by Crippen LogP contribution is 2.48. The van der Waals surface area contributed by atoms with E-state index >= 15 is 14.4 Å². The van der Waals surface area contributed by atoms with Crippen LogP contribution < -0.4 is 23.7 Å². The largest absolute Gasteiger partial charge is 0.504 e. The topological polar surface area (TPSA) is 778 Å². The van der Waals surface area contributed by atoms with E-state index in [9.17, 15) is 161 Å². The number of hydrogen-bond donors (Lipinski definition) is 25. The molecule has 0 unspecified atom stereocenters. The predicted molar refractivity (Wildman–Crippen MR) is 383 cm³/mol. The van der Waals surface area contributed by atoms with E-state index < -0.39 is 325 Å². The van der Waals surface area contributed by atoms with Gasteiger partial charge in [0, 0.05) is 0 Å². The molecule has 10 aromatic rings. The van der Waals surface area contributed by atoms with Crippen LogP contribution in [0, 0.1) is 0 Å². The van der Waals surface area contributed by atoms with Crippen LogP contribution in [0.3, 0.4) is 0 Å². The number of hydrogen-bond acceptors (Lipinski definition) is 46. The predicted octanol–water partition coefficient (Wildman–Crippen LogP) is 4.84. The van der Waals surface area contributed by atoms with Crippen LogP contribution in [-0.4, -0.2) is 225 Å². The van der Waals surface area contributed by atoms with Gasteiger partial charge in [0.25, 0.3) is 0 Å². The van der Waals surface area contributed by atoms with Crippen molar-refractivity contribution in [2.24, 2.45) is 0 Å². The van der Waals surface area contributed by atoms with Gasteiger partial charge >= 0.3 is 59.7 Å². The van der Waals surface area contributed by atoms with Gasteiger partial charge in [-0.25, -0.2) is 47.9 Å². The normalized spacial score (nSPS) is 14.6. The molecule has 25 N–H and O–H groups in total. The summed E-state index contributed by atoms with van der Waals surface area (Å²) in [5.41, 5.74) is -9.89. The van der Waals surface area contributed by atoms with Crippen molar-refractivity contribution >= 4 is 59.7 Å². The van der Waals surface area contributed by atoms with E-state index in [1.54, 1.807) is 0 Å². The summed E-state index contributed by atoms with van der Waals surface area (Å²) >= 11 is 0. The number of phenols is 25. The van der Waals surface area contributed by atoms with E-state index in [2.05, 4.69) is 0 Å². The summed E-state index contributed by atoms with van der Waals surface area (Å²) in [4.78, 5) is 142. The lowest BCUT2D eigenvalue weighted by atomic mass is 9.97.